The lowest BCUT2D eigenvalue weighted by Gasteiger charge is -2.33. The fourth-order valence-electron chi connectivity index (χ4n) is 6.00. The molecule has 1 aliphatic heterocycles. The van der Waals surface area contributed by atoms with Crippen molar-refractivity contribution in [2.75, 3.05) is 11.4 Å². The van der Waals surface area contributed by atoms with Gasteiger partial charge in [-0.2, -0.15) is 0 Å². The smallest absolute Gasteiger partial charge is 0.151 e. The maximum Gasteiger partial charge on any atom is 0.151 e. The highest BCUT2D eigenvalue weighted by molar-refractivity contribution is 5.84. The summed E-state index contributed by atoms with van der Waals surface area (Å²) < 4.78 is 6.68. The average Bonchev–Trinajstić information content (AvgIpc) is 3.07. The van der Waals surface area contributed by atoms with Gasteiger partial charge in [-0.1, -0.05) is 134 Å². The van der Waals surface area contributed by atoms with Crippen LogP contribution >= 0.6 is 0 Å². The minimum absolute atomic E-state index is 0.903. The second-order valence-corrected chi connectivity index (χ2v) is 11.9. The summed E-state index contributed by atoms with van der Waals surface area (Å²) in [5.41, 5.74) is 14.4. The van der Waals surface area contributed by atoms with Gasteiger partial charge in [-0.25, -0.2) is 0 Å². The molecule has 2 nitrogen and oxygen atoms in total. The van der Waals surface area contributed by atoms with E-state index in [0.717, 1.165) is 53.4 Å². The Hall–Kier alpha value is -5.08. The van der Waals surface area contributed by atoms with Crippen LogP contribution in [0.3, 0.4) is 0 Å². The summed E-state index contributed by atoms with van der Waals surface area (Å²) >= 11 is 0. The zero-order valence-corrected chi connectivity index (χ0v) is 25.7. The number of aryl methyl sites for hydroxylation is 2. The third kappa shape index (κ3) is 5.52. The van der Waals surface area contributed by atoms with Crippen molar-refractivity contribution in [1.82, 2.24) is 0 Å². The number of unbranched alkanes of at least 4 members (excludes halogenated alkanes) is 1. The molecule has 0 aliphatic carbocycles. The third-order valence-electron chi connectivity index (χ3n) is 8.66. The molecule has 44 heavy (non-hydrogen) atoms. The molecule has 0 atom stereocenters. The first-order valence-corrected chi connectivity index (χ1v) is 15.6. The number of nitrogens with zero attached hydrogens (tertiary/aromatic N) is 1. The Morgan fingerprint density at radius 2 is 0.750 bits per heavy atom. The predicted octanol–water partition coefficient (Wildman–Crippen LogP) is 12.0. The SMILES string of the molecule is CCCCN1c2ccc(-c3ccc(-c4ccc(C)cc4)cc3)cc2Oc2cc(-c3ccc(-c4ccc(C)cc4)cc3)ccc21. The molecule has 0 radical (unpaired) electrons. The molecular formula is C42H37NO. The van der Waals surface area contributed by atoms with Gasteiger partial charge in [0, 0.05) is 6.54 Å². The van der Waals surface area contributed by atoms with Crippen LogP contribution in [0.1, 0.15) is 30.9 Å². The molecule has 216 valence electrons. The molecule has 0 N–H and O–H groups in total. The number of hydrogen-bond donors (Lipinski definition) is 0. The van der Waals surface area contributed by atoms with E-state index in [1.165, 1.54) is 44.5 Å². The average molecular weight is 572 g/mol. The Labute approximate surface area is 261 Å². The van der Waals surface area contributed by atoms with Crippen LogP contribution in [-0.4, -0.2) is 6.54 Å². The van der Waals surface area contributed by atoms with Crippen LogP contribution in [0, 0.1) is 13.8 Å². The highest BCUT2D eigenvalue weighted by Crippen LogP contribution is 2.49. The molecule has 2 heteroatoms. The van der Waals surface area contributed by atoms with Crippen molar-refractivity contribution in [3.8, 4) is 56.0 Å². The van der Waals surface area contributed by atoms with E-state index in [2.05, 4.69) is 159 Å². The largest absolute Gasteiger partial charge is 0.453 e. The lowest BCUT2D eigenvalue weighted by Crippen LogP contribution is -2.22. The number of anilines is 2. The Bertz CT molecular complexity index is 1760. The summed E-state index contributed by atoms with van der Waals surface area (Å²) in [6.07, 6.45) is 2.25. The Balaban J connectivity index is 1.19. The van der Waals surface area contributed by atoms with Crippen LogP contribution in [0.15, 0.2) is 133 Å². The maximum absolute atomic E-state index is 6.68. The van der Waals surface area contributed by atoms with Gasteiger partial charge >= 0.3 is 0 Å². The molecule has 0 saturated heterocycles. The first-order valence-electron chi connectivity index (χ1n) is 15.6. The Morgan fingerprint density at radius 3 is 1.11 bits per heavy atom. The molecule has 1 aliphatic rings. The highest BCUT2D eigenvalue weighted by atomic mass is 16.5. The number of fused-ring (bicyclic) bond motifs is 2. The van der Waals surface area contributed by atoms with Crippen molar-refractivity contribution in [3.05, 3.63) is 145 Å². The summed E-state index contributed by atoms with van der Waals surface area (Å²) in [6.45, 7) is 7.44. The molecule has 7 rings (SSSR count). The lowest BCUT2D eigenvalue weighted by molar-refractivity contribution is 0.473. The molecule has 0 amide bonds. The number of ether oxygens (including phenoxy) is 1. The fourth-order valence-corrected chi connectivity index (χ4v) is 6.00. The molecular weight excluding hydrogens is 534 g/mol. The Morgan fingerprint density at radius 1 is 0.432 bits per heavy atom. The van der Waals surface area contributed by atoms with E-state index in [4.69, 9.17) is 4.74 Å². The van der Waals surface area contributed by atoms with E-state index in [0.29, 0.717) is 0 Å². The summed E-state index contributed by atoms with van der Waals surface area (Å²) in [6, 6.07) is 48.3. The summed E-state index contributed by atoms with van der Waals surface area (Å²) in [4.78, 5) is 2.42. The molecule has 0 aromatic heterocycles. The quantitative estimate of drug-likeness (QED) is 0.189. The van der Waals surface area contributed by atoms with Gasteiger partial charge in [-0.3, -0.25) is 0 Å². The van der Waals surface area contributed by atoms with Gasteiger partial charge in [0.25, 0.3) is 0 Å². The first-order chi connectivity index (χ1) is 21.6. The van der Waals surface area contributed by atoms with Gasteiger partial charge in [0.2, 0.25) is 0 Å². The topological polar surface area (TPSA) is 12.5 Å². The monoisotopic (exact) mass is 571 g/mol. The van der Waals surface area contributed by atoms with Crippen molar-refractivity contribution < 1.29 is 4.74 Å². The van der Waals surface area contributed by atoms with Crippen molar-refractivity contribution in [3.63, 3.8) is 0 Å². The Kier molecular flexibility index (Phi) is 7.50. The lowest BCUT2D eigenvalue weighted by atomic mass is 9.98. The van der Waals surface area contributed by atoms with Crippen LogP contribution in [0.2, 0.25) is 0 Å². The van der Waals surface area contributed by atoms with E-state index >= 15 is 0 Å². The maximum atomic E-state index is 6.68. The van der Waals surface area contributed by atoms with Crippen LogP contribution in [0.25, 0.3) is 44.5 Å². The van der Waals surface area contributed by atoms with Crippen LogP contribution in [0.5, 0.6) is 11.5 Å². The second-order valence-electron chi connectivity index (χ2n) is 11.9. The number of benzene rings is 6. The second kappa shape index (κ2) is 11.9. The molecule has 0 fully saturated rings. The number of rotatable bonds is 7. The molecule has 6 aromatic carbocycles. The van der Waals surface area contributed by atoms with Crippen molar-refractivity contribution >= 4 is 11.4 Å². The van der Waals surface area contributed by atoms with Gasteiger partial charge < -0.3 is 9.64 Å². The van der Waals surface area contributed by atoms with Gasteiger partial charge in [-0.05, 0) is 89.0 Å². The van der Waals surface area contributed by atoms with Gasteiger partial charge in [0.05, 0.1) is 11.4 Å². The molecule has 0 spiro atoms. The molecule has 0 bridgehead atoms. The molecule has 0 unspecified atom stereocenters. The minimum Gasteiger partial charge on any atom is -0.453 e. The van der Waals surface area contributed by atoms with Crippen LogP contribution < -0.4 is 9.64 Å². The predicted molar refractivity (Wildman–Crippen MR) is 186 cm³/mol. The standard InChI is InChI=1S/C42H37NO/c1-4-5-26-43-39-24-22-37(35-18-14-33(15-19-35)31-10-6-29(2)7-11-31)27-41(39)44-42-28-38(23-25-40(42)43)36-20-16-34(17-21-36)32-12-8-30(3)9-13-32/h6-25,27-28H,4-5,26H2,1-3H3. The highest BCUT2D eigenvalue weighted by Gasteiger charge is 2.25. The number of hydrogen-bond acceptors (Lipinski definition) is 2. The molecule has 0 saturated carbocycles. The van der Waals surface area contributed by atoms with E-state index in [1.807, 2.05) is 0 Å². The van der Waals surface area contributed by atoms with E-state index in [-0.39, 0.29) is 0 Å². The summed E-state index contributed by atoms with van der Waals surface area (Å²) in [5.74, 6) is 1.81. The third-order valence-corrected chi connectivity index (χ3v) is 8.66. The zero-order chi connectivity index (χ0) is 30.0. The van der Waals surface area contributed by atoms with Crippen LogP contribution in [-0.2, 0) is 0 Å². The van der Waals surface area contributed by atoms with E-state index in [1.54, 1.807) is 0 Å². The normalized spacial score (nSPS) is 11.9. The first kappa shape index (κ1) is 27.7. The van der Waals surface area contributed by atoms with E-state index < -0.39 is 0 Å². The fraction of sp³-hybridized carbons (Fsp3) is 0.143. The molecule has 6 aromatic rings. The zero-order valence-electron chi connectivity index (χ0n) is 25.7. The summed E-state index contributed by atoms with van der Waals surface area (Å²) in [5, 5.41) is 0. The van der Waals surface area contributed by atoms with Gasteiger partial charge in [0.15, 0.2) is 11.5 Å². The van der Waals surface area contributed by atoms with Gasteiger partial charge in [0.1, 0.15) is 0 Å². The molecule has 1 heterocycles. The van der Waals surface area contributed by atoms with Gasteiger partial charge in [-0.15, -0.1) is 0 Å². The van der Waals surface area contributed by atoms with Crippen molar-refractivity contribution in [1.29, 1.82) is 0 Å². The summed E-state index contributed by atoms with van der Waals surface area (Å²) in [7, 11) is 0. The van der Waals surface area contributed by atoms with Crippen molar-refractivity contribution in [2.24, 2.45) is 0 Å². The van der Waals surface area contributed by atoms with Crippen molar-refractivity contribution in [2.45, 2.75) is 33.6 Å². The minimum atomic E-state index is 0.903. The van der Waals surface area contributed by atoms with Crippen LogP contribution in [0.4, 0.5) is 11.4 Å². The van der Waals surface area contributed by atoms with E-state index in [9.17, 15) is 0 Å².